The van der Waals surface area contributed by atoms with E-state index in [1.54, 1.807) is 42.5 Å². The van der Waals surface area contributed by atoms with E-state index in [4.69, 9.17) is 0 Å². The van der Waals surface area contributed by atoms with E-state index in [1.165, 1.54) is 18.2 Å². The highest BCUT2D eigenvalue weighted by atomic mass is 19.4. The van der Waals surface area contributed by atoms with Gasteiger partial charge in [-0.05, 0) is 41.5 Å². The number of aromatic amines is 1. The van der Waals surface area contributed by atoms with Gasteiger partial charge in [0, 0.05) is 18.2 Å². The molecule has 7 nitrogen and oxygen atoms in total. The zero-order valence-electron chi connectivity index (χ0n) is 17.2. The predicted octanol–water partition coefficient (Wildman–Crippen LogP) is 5.20. The molecule has 3 aromatic carbocycles. The Morgan fingerprint density at radius 3 is 2.45 bits per heavy atom. The van der Waals surface area contributed by atoms with Crippen LogP contribution in [-0.4, -0.2) is 21.8 Å². The fourth-order valence-corrected chi connectivity index (χ4v) is 3.26. The molecule has 3 N–H and O–H groups in total. The third kappa shape index (κ3) is 4.95. The van der Waals surface area contributed by atoms with Crippen molar-refractivity contribution in [3.63, 3.8) is 0 Å². The summed E-state index contributed by atoms with van der Waals surface area (Å²) in [5, 5.41) is 2.94. The van der Waals surface area contributed by atoms with E-state index in [-0.39, 0.29) is 22.6 Å². The minimum absolute atomic E-state index is 0.0257. The van der Waals surface area contributed by atoms with Crippen molar-refractivity contribution >= 4 is 34.5 Å². The van der Waals surface area contributed by atoms with Gasteiger partial charge in [0.15, 0.2) is 0 Å². The Balaban J connectivity index is 1.66. The lowest BCUT2D eigenvalue weighted by atomic mass is 9.98. The van der Waals surface area contributed by atoms with E-state index in [0.717, 1.165) is 13.0 Å². The molecule has 33 heavy (non-hydrogen) atoms. The highest BCUT2D eigenvalue weighted by Crippen LogP contribution is 2.39. The summed E-state index contributed by atoms with van der Waals surface area (Å²) in [5.41, 5.74) is 2.87. The molecular weight excluding hydrogens is 437 g/mol. The van der Waals surface area contributed by atoms with Gasteiger partial charge in [-0.25, -0.2) is 4.98 Å². The topological polar surface area (TPSA) is 96.1 Å². The maximum absolute atomic E-state index is 13.7. The van der Waals surface area contributed by atoms with Crippen LogP contribution >= 0.6 is 0 Å². The van der Waals surface area contributed by atoms with Gasteiger partial charge in [0.25, 0.3) is 5.91 Å². The third-order valence-corrected chi connectivity index (χ3v) is 4.69. The van der Waals surface area contributed by atoms with Gasteiger partial charge in [-0.2, -0.15) is 18.7 Å². The minimum Gasteiger partial charge on any atom is -0.341 e. The molecule has 4 rings (SSSR count). The van der Waals surface area contributed by atoms with Gasteiger partial charge in [0.2, 0.25) is 5.95 Å². The van der Waals surface area contributed by atoms with Gasteiger partial charge < -0.3 is 15.1 Å². The van der Waals surface area contributed by atoms with Gasteiger partial charge in [-0.3, -0.25) is 9.59 Å². The number of alkyl halides is 3. The first-order chi connectivity index (χ1) is 15.7. The SMILES string of the molecule is CC(=O)ONC(=O)c1cccc(Nc2nc3cc(-c4ccccc4)c(C(F)(F)F)cc3[nH]2)c1. The van der Waals surface area contributed by atoms with Crippen molar-refractivity contribution in [1.82, 2.24) is 15.4 Å². The molecule has 0 aliphatic rings. The number of rotatable bonds is 4. The van der Waals surface area contributed by atoms with Crippen LogP contribution in [0.15, 0.2) is 66.7 Å². The number of H-pyrrole nitrogens is 1. The Kier molecular flexibility index (Phi) is 5.74. The number of imidazole rings is 1. The van der Waals surface area contributed by atoms with Crippen molar-refractivity contribution in [1.29, 1.82) is 0 Å². The number of aromatic nitrogens is 2. The van der Waals surface area contributed by atoms with Crippen LogP contribution in [0.4, 0.5) is 24.8 Å². The Morgan fingerprint density at radius 1 is 1.00 bits per heavy atom. The first kappa shape index (κ1) is 21.9. The lowest BCUT2D eigenvalue weighted by Gasteiger charge is -2.13. The average molecular weight is 454 g/mol. The summed E-state index contributed by atoms with van der Waals surface area (Å²) in [5.74, 6) is -1.12. The number of anilines is 2. The fourth-order valence-electron chi connectivity index (χ4n) is 3.26. The molecule has 0 saturated heterocycles. The molecule has 1 aromatic heterocycles. The molecule has 168 valence electrons. The van der Waals surface area contributed by atoms with Crippen LogP contribution in [0, 0.1) is 0 Å². The average Bonchev–Trinajstić information content (AvgIpc) is 3.18. The maximum Gasteiger partial charge on any atom is 0.417 e. The van der Waals surface area contributed by atoms with E-state index in [2.05, 4.69) is 20.1 Å². The fraction of sp³-hybridized carbons (Fsp3) is 0.0870. The Bertz CT molecular complexity index is 1330. The number of hydrogen-bond donors (Lipinski definition) is 3. The number of hydrogen-bond acceptors (Lipinski definition) is 5. The molecule has 1 amide bonds. The molecule has 0 spiro atoms. The van der Waals surface area contributed by atoms with Crippen LogP contribution in [0.2, 0.25) is 0 Å². The second kappa shape index (κ2) is 8.65. The molecular formula is C23H17F3N4O3. The van der Waals surface area contributed by atoms with E-state index in [0.29, 0.717) is 16.8 Å². The molecule has 0 unspecified atom stereocenters. The van der Waals surface area contributed by atoms with E-state index < -0.39 is 23.6 Å². The summed E-state index contributed by atoms with van der Waals surface area (Å²) in [4.78, 5) is 34.5. The molecule has 0 aliphatic carbocycles. The number of halogens is 3. The standard InChI is InChI=1S/C23H17F3N4O3/c1-13(31)33-30-21(32)15-8-5-9-16(10-15)27-22-28-19-11-17(14-6-3-2-4-7-14)18(23(24,25)26)12-20(19)29-22/h2-12H,1H3,(H,30,32)(H2,27,28,29). The summed E-state index contributed by atoms with van der Waals surface area (Å²) >= 11 is 0. The van der Waals surface area contributed by atoms with E-state index >= 15 is 0 Å². The molecule has 1 heterocycles. The zero-order valence-corrected chi connectivity index (χ0v) is 17.2. The van der Waals surface area contributed by atoms with Gasteiger partial charge in [-0.1, -0.05) is 36.4 Å². The molecule has 4 aromatic rings. The number of benzene rings is 3. The quantitative estimate of drug-likeness (QED) is 0.369. The molecule has 0 bridgehead atoms. The number of nitrogens with one attached hydrogen (secondary N) is 3. The van der Waals surface area contributed by atoms with Crippen LogP contribution in [0.25, 0.3) is 22.2 Å². The molecule has 0 radical (unpaired) electrons. The number of nitrogens with zero attached hydrogens (tertiary/aromatic N) is 1. The largest absolute Gasteiger partial charge is 0.417 e. The Labute approximate surface area is 185 Å². The normalized spacial score (nSPS) is 11.3. The lowest BCUT2D eigenvalue weighted by molar-refractivity contribution is -0.146. The summed E-state index contributed by atoms with van der Waals surface area (Å²) < 4.78 is 41.2. The third-order valence-electron chi connectivity index (χ3n) is 4.69. The number of amides is 1. The molecule has 0 aliphatic heterocycles. The van der Waals surface area contributed by atoms with Crippen molar-refractivity contribution in [2.24, 2.45) is 0 Å². The first-order valence-corrected chi connectivity index (χ1v) is 9.72. The van der Waals surface area contributed by atoms with Crippen molar-refractivity contribution < 1.29 is 27.6 Å². The Morgan fingerprint density at radius 2 is 1.76 bits per heavy atom. The van der Waals surface area contributed by atoms with Crippen molar-refractivity contribution in [3.05, 3.63) is 77.9 Å². The van der Waals surface area contributed by atoms with Crippen molar-refractivity contribution in [2.45, 2.75) is 13.1 Å². The van der Waals surface area contributed by atoms with Crippen LogP contribution in [-0.2, 0) is 15.8 Å². The summed E-state index contributed by atoms with van der Waals surface area (Å²) in [7, 11) is 0. The number of carbonyl (C=O) groups excluding carboxylic acids is 2. The maximum atomic E-state index is 13.7. The zero-order chi connectivity index (χ0) is 23.6. The molecule has 0 atom stereocenters. The van der Waals surface area contributed by atoms with Gasteiger partial charge >= 0.3 is 12.1 Å². The van der Waals surface area contributed by atoms with Crippen molar-refractivity contribution in [2.75, 3.05) is 5.32 Å². The molecule has 10 heteroatoms. The van der Waals surface area contributed by atoms with Gasteiger partial charge in [0.1, 0.15) is 0 Å². The monoisotopic (exact) mass is 454 g/mol. The summed E-state index contributed by atoms with van der Waals surface area (Å²) in [6.07, 6.45) is -4.55. The summed E-state index contributed by atoms with van der Waals surface area (Å²) in [6, 6.07) is 16.9. The summed E-state index contributed by atoms with van der Waals surface area (Å²) in [6.45, 7) is 1.15. The molecule has 0 saturated carbocycles. The second-order valence-electron chi connectivity index (χ2n) is 7.09. The number of fused-ring (bicyclic) bond motifs is 1. The highest BCUT2D eigenvalue weighted by Gasteiger charge is 2.34. The van der Waals surface area contributed by atoms with Crippen LogP contribution in [0.5, 0.6) is 0 Å². The van der Waals surface area contributed by atoms with Gasteiger partial charge in [-0.15, -0.1) is 0 Å². The van der Waals surface area contributed by atoms with Crippen LogP contribution < -0.4 is 10.8 Å². The van der Waals surface area contributed by atoms with E-state index in [9.17, 15) is 22.8 Å². The van der Waals surface area contributed by atoms with E-state index in [1.807, 2.05) is 5.48 Å². The minimum atomic E-state index is -4.55. The number of hydroxylamine groups is 1. The Hall–Kier alpha value is -4.34. The smallest absolute Gasteiger partial charge is 0.341 e. The highest BCUT2D eigenvalue weighted by molar-refractivity contribution is 5.95. The van der Waals surface area contributed by atoms with Crippen LogP contribution in [0.1, 0.15) is 22.8 Å². The second-order valence-corrected chi connectivity index (χ2v) is 7.09. The van der Waals surface area contributed by atoms with Crippen LogP contribution in [0.3, 0.4) is 0 Å². The first-order valence-electron chi connectivity index (χ1n) is 9.72. The van der Waals surface area contributed by atoms with Gasteiger partial charge in [0.05, 0.1) is 16.6 Å². The van der Waals surface area contributed by atoms with Crippen molar-refractivity contribution in [3.8, 4) is 11.1 Å². The molecule has 0 fully saturated rings. The lowest BCUT2D eigenvalue weighted by Crippen LogP contribution is -2.25. The number of carbonyl (C=O) groups is 2. The predicted molar refractivity (Wildman–Crippen MR) is 115 cm³/mol.